The Hall–Kier alpha value is -2.20. The first-order chi connectivity index (χ1) is 9.06. The van der Waals surface area contributed by atoms with E-state index in [9.17, 15) is 10.2 Å². The standard InChI is InChI=1S/C14H11ClN2O2/c1-8-6-9(18)3-5-13(8)17-14(15)11-7-10(19)2-4-12(11)16-17/h2-7,18-19H,1H3. The Morgan fingerprint density at radius 2 is 1.74 bits per heavy atom. The molecule has 1 aromatic heterocycles. The van der Waals surface area contributed by atoms with E-state index in [1.807, 2.05) is 6.92 Å². The molecule has 0 saturated heterocycles. The molecule has 5 heteroatoms. The minimum absolute atomic E-state index is 0.149. The zero-order valence-electron chi connectivity index (χ0n) is 10.1. The van der Waals surface area contributed by atoms with Crippen LogP contribution in [0.25, 0.3) is 16.6 Å². The van der Waals surface area contributed by atoms with Gasteiger partial charge in [-0.05, 0) is 48.9 Å². The Bertz CT molecular complexity index is 780. The van der Waals surface area contributed by atoms with Gasteiger partial charge >= 0.3 is 0 Å². The van der Waals surface area contributed by atoms with Crippen LogP contribution in [-0.4, -0.2) is 20.0 Å². The Balaban J connectivity index is 2.28. The monoisotopic (exact) mass is 274 g/mol. The molecule has 0 radical (unpaired) electrons. The lowest BCUT2D eigenvalue weighted by Crippen LogP contribution is -1.98. The summed E-state index contributed by atoms with van der Waals surface area (Å²) in [5, 5.41) is 24.5. The van der Waals surface area contributed by atoms with E-state index in [1.54, 1.807) is 41.1 Å². The van der Waals surface area contributed by atoms with Gasteiger partial charge < -0.3 is 10.2 Å². The number of fused-ring (bicyclic) bond motifs is 1. The molecule has 3 aromatic rings. The summed E-state index contributed by atoms with van der Waals surface area (Å²) in [5.74, 6) is 0.350. The maximum absolute atomic E-state index is 9.50. The molecule has 0 unspecified atom stereocenters. The van der Waals surface area contributed by atoms with E-state index in [-0.39, 0.29) is 11.5 Å². The molecular weight excluding hydrogens is 264 g/mol. The fourth-order valence-electron chi connectivity index (χ4n) is 2.08. The van der Waals surface area contributed by atoms with Crippen molar-refractivity contribution >= 4 is 22.5 Å². The van der Waals surface area contributed by atoms with Crippen molar-refractivity contribution in [1.82, 2.24) is 9.78 Å². The number of phenolic OH excluding ortho intramolecular Hbond substituents is 2. The molecule has 2 N–H and O–H groups in total. The Morgan fingerprint density at radius 3 is 2.47 bits per heavy atom. The maximum Gasteiger partial charge on any atom is 0.140 e. The van der Waals surface area contributed by atoms with Crippen molar-refractivity contribution in [1.29, 1.82) is 0 Å². The number of aromatic hydroxyl groups is 2. The van der Waals surface area contributed by atoms with E-state index in [2.05, 4.69) is 5.10 Å². The first kappa shape index (κ1) is 11.9. The van der Waals surface area contributed by atoms with Crippen LogP contribution in [0, 0.1) is 6.92 Å². The summed E-state index contributed by atoms with van der Waals surface area (Å²) >= 11 is 6.30. The molecular formula is C14H11ClN2O2. The summed E-state index contributed by atoms with van der Waals surface area (Å²) in [6.45, 7) is 1.87. The highest BCUT2D eigenvalue weighted by Crippen LogP contribution is 2.30. The second kappa shape index (κ2) is 4.17. The highest BCUT2D eigenvalue weighted by Gasteiger charge is 2.13. The first-order valence-corrected chi connectivity index (χ1v) is 6.11. The number of benzene rings is 2. The quantitative estimate of drug-likeness (QED) is 0.715. The Kier molecular flexibility index (Phi) is 2.61. The molecule has 0 aliphatic heterocycles. The molecule has 0 spiro atoms. The second-order valence-corrected chi connectivity index (χ2v) is 4.73. The molecule has 0 amide bonds. The SMILES string of the molecule is Cc1cc(O)ccc1-n1nc2ccc(O)cc2c1Cl. The average Bonchev–Trinajstić information content (AvgIpc) is 2.67. The summed E-state index contributed by atoms with van der Waals surface area (Å²) in [7, 11) is 0. The van der Waals surface area contributed by atoms with Gasteiger partial charge in [-0.3, -0.25) is 0 Å². The van der Waals surface area contributed by atoms with Crippen LogP contribution < -0.4 is 0 Å². The van der Waals surface area contributed by atoms with Crippen LogP contribution in [0.3, 0.4) is 0 Å². The van der Waals surface area contributed by atoms with Gasteiger partial charge in [0.1, 0.15) is 16.7 Å². The third kappa shape index (κ3) is 1.90. The molecule has 0 bridgehead atoms. The number of aromatic nitrogens is 2. The number of nitrogens with zero attached hydrogens (tertiary/aromatic N) is 2. The zero-order valence-corrected chi connectivity index (χ0v) is 10.9. The van der Waals surface area contributed by atoms with E-state index in [0.717, 1.165) is 11.3 Å². The number of hydrogen-bond donors (Lipinski definition) is 2. The molecule has 1 heterocycles. The van der Waals surface area contributed by atoms with E-state index in [4.69, 9.17) is 11.6 Å². The van der Waals surface area contributed by atoms with Gasteiger partial charge in [-0.25, -0.2) is 4.68 Å². The fraction of sp³-hybridized carbons (Fsp3) is 0.0714. The molecule has 3 rings (SSSR count). The van der Waals surface area contributed by atoms with E-state index >= 15 is 0 Å². The van der Waals surface area contributed by atoms with Crippen molar-refractivity contribution in [2.75, 3.05) is 0 Å². The molecule has 96 valence electrons. The summed E-state index contributed by atoms with van der Waals surface area (Å²) in [6.07, 6.45) is 0. The lowest BCUT2D eigenvalue weighted by atomic mass is 10.2. The highest BCUT2D eigenvalue weighted by atomic mass is 35.5. The topological polar surface area (TPSA) is 58.3 Å². The summed E-state index contributed by atoms with van der Waals surface area (Å²) < 4.78 is 1.60. The molecule has 19 heavy (non-hydrogen) atoms. The molecule has 0 aliphatic rings. The van der Waals surface area contributed by atoms with Crippen molar-refractivity contribution in [2.45, 2.75) is 6.92 Å². The van der Waals surface area contributed by atoms with Crippen LogP contribution in [-0.2, 0) is 0 Å². The molecule has 0 saturated carbocycles. The normalized spacial score (nSPS) is 11.1. The van der Waals surface area contributed by atoms with Crippen molar-refractivity contribution in [3.05, 3.63) is 47.1 Å². The second-order valence-electron chi connectivity index (χ2n) is 4.37. The number of phenols is 2. The third-order valence-corrected chi connectivity index (χ3v) is 3.37. The Morgan fingerprint density at radius 1 is 1.05 bits per heavy atom. The van der Waals surface area contributed by atoms with Gasteiger partial charge in [0.15, 0.2) is 0 Å². The van der Waals surface area contributed by atoms with Gasteiger partial charge in [-0.2, -0.15) is 5.10 Å². The first-order valence-electron chi connectivity index (χ1n) is 5.73. The van der Waals surface area contributed by atoms with Crippen LogP contribution in [0.5, 0.6) is 11.5 Å². The third-order valence-electron chi connectivity index (χ3n) is 3.00. The average molecular weight is 275 g/mol. The largest absolute Gasteiger partial charge is 0.508 e. The van der Waals surface area contributed by atoms with E-state index < -0.39 is 0 Å². The summed E-state index contributed by atoms with van der Waals surface area (Å²) in [4.78, 5) is 0. The lowest BCUT2D eigenvalue weighted by molar-refractivity contribution is 0.474. The summed E-state index contributed by atoms with van der Waals surface area (Å²) in [5.41, 5.74) is 2.35. The van der Waals surface area contributed by atoms with Crippen LogP contribution in [0.4, 0.5) is 0 Å². The highest BCUT2D eigenvalue weighted by molar-refractivity contribution is 6.34. The van der Waals surface area contributed by atoms with Gasteiger partial charge in [0.05, 0.1) is 11.2 Å². The van der Waals surface area contributed by atoms with E-state index in [1.165, 1.54) is 0 Å². The van der Waals surface area contributed by atoms with Crippen molar-refractivity contribution in [2.24, 2.45) is 0 Å². The van der Waals surface area contributed by atoms with Gasteiger partial charge in [0.25, 0.3) is 0 Å². The molecule has 0 fully saturated rings. The van der Waals surface area contributed by atoms with Crippen molar-refractivity contribution in [3.8, 4) is 17.2 Å². The van der Waals surface area contributed by atoms with Crippen LogP contribution in [0.2, 0.25) is 5.15 Å². The molecule has 0 aliphatic carbocycles. The summed E-state index contributed by atoms with van der Waals surface area (Å²) in [6, 6.07) is 9.85. The van der Waals surface area contributed by atoms with Gasteiger partial charge in [0.2, 0.25) is 0 Å². The minimum Gasteiger partial charge on any atom is -0.508 e. The smallest absolute Gasteiger partial charge is 0.140 e. The zero-order chi connectivity index (χ0) is 13.6. The van der Waals surface area contributed by atoms with Gasteiger partial charge in [-0.1, -0.05) is 11.6 Å². The van der Waals surface area contributed by atoms with Gasteiger partial charge in [-0.15, -0.1) is 0 Å². The predicted octanol–water partition coefficient (Wildman–Crippen LogP) is 3.40. The predicted molar refractivity (Wildman–Crippen MR) is 74.1 cm³/mol. The Labute approximate surface area is 114 Å². The number of hydrogen-bond acceptors (Lipinski definition) is 3. The number of halogens is 1. The van der Waals surface area contributed by atoms with Crippen LogP contribution >= 0.6 is 11.6 Å². The van der Waals surface area contributed by atoms with Crippen molar-refractivity contribution < 1.29 is 10.2 Å². The molecule has 0 atom stereocenters. The van der Waals surface area contributed by atoms with E-state index in [0.29, 0.717) is 16.1 Å². The fourth-order valence-corrected chi connectivity index (χ4v) is 2.36. The van der Waals surface area contributed by atoms with Gasteiger partial charge in [0, 0.05) is 5.39 Å². The van der Waals surface area contributed by atoms with Crippen LogP contribution in [0.1, 0.15) is 5.56 Å². The van der Waals surface area contributed by atoms with Crippen molar-refractivity contribution in [3.63, 3.8) is 0 Å². The minimum atomic E-state index is 0.149. The molecule has 2 aromatic carbocycles. The lowest BCUT2D eigenvalue weighted by Gasteiger charge is -2.07. The maximum atomic E-state index is 9.50. The molecule has 4 nitrogen and oxygen atoms in total. The number of aryl methyl sites for hydroxylation is 1. The number of rotatable bonds is 1. The van der Waals surface area contributed by atoms with Crippen LogP contribution in [0.15, 0.2) is 36.4 Å².